The van der Waals surface area contributed by atoms with E-state index in [-0.39, 0.29) is 82.9 Å². The highest BCUT2D eigenvalue weighted by Gasteiger charge is 2.44. The van der Waals surface area contributed by atoms with Crippen molar-refractivity contribution in [1.82, 2.24) is 68.3 Å². The summed E-state index contributed by atoms with van der Waals surface area (Å²) in [7, 11) is 0. The van der Waals surface area contributed by atoms with Crippen molar-refractivity contribution in [2.75, 3.05) is 39.3 Å². The summed E-state index contributed by atoms with van der Waals surface area (Å²) in [5.74, 6) is -22.7. The number of likely N-dealkylation sites (tertiary alicyclic amines) is 2. The topological polar surface area (TPSA) is 765 Å². The van der Waals surface area contributed by atoms with E-state index in [1.54, 1.807) is 30.3 Å². The van der Waals surface area contributed by atoms with Crippen LogP contribution in [0.2, 0.25) is 0 Å². The lowest BCUT2D eigenvalue weighted by molar-refractivity contribution is -0.459. The van der Waals surface area contributed by atoms with Crippen molar-refractivity contribution >= 4 is 112 Å². The number of aliphatic hydroxyl groups is 5. The molecule has 2 aliphatic rings. The molecule has 664 valence electrons. The highest BCUT2D eigenvalue weighted by molar-refractivity contribution is 6.01. The molecule has 2 aliphatic heterocycles. The first-order valence-electron chi connectivity index (χ1n) is 36.3. The van der Waals surface area contributed by atoms with E-state index in [0.717, 1.165) is 23.6 Å². The smallest absolute Gasteiger partial charge is 0.430 e. The van der Waals surface area contributed by atoms with Gasteiger partial charge >= 0.3 is 18.3 Å². The summed E-state index contributed by atoms with van der Waals surface area (Å²) < 4.78 is 63.1. The molecule has 1 aromatic rings. The molecule has 0 aliphatic carbocycles. The van der Waals surface area contributed by atoms with Crippen LogP contribution in [0, 0.1) is 5.92 Å². The molecule has 2 fully saturated rings. The molecule has 45 nitrogen and oxygen atoms in total. The normalized spacial score (nSPS) is 17.3. The second-order valence-electron chi connectivity index (χ2n) is 27.5. The van der Waals surface area contributed by atoms with Crippen LogP contribution in [0.25, 0.3) is 0 Å². The SMILES string of the molecule is CC(C)C[C@H]([NH3+])C(=O)N[C@@H](CCC(N)=O)C(=O)N[C@H](C(=O)N[C@@H](Cc1ccccc1)C(=O)N1CCC[C@H]1C(=O)N[C@@H](CCC[NH+]=C(N)N)C(=O)N[C@H](C(=O)N[C@@H](CC(N)=O)C(=O)N[C@H](C(=O)NCC(=O)N[C@@H](CO)C(=O)NCC(=O)N[C@H](C(=O)N1CCC[C@H]1C(N)=O)[C@@H](C)O)[C@@H](C)O)[C@@H](C)O)[C@@H](C)O.O=C([O-])C(F)(F)F.O=C([O-])C(F)(F)F. The first-order valence-corrected chi connectivity index (χ1v) is 36.3. The van der Waals surface area contributed by atoms with Gasteiger partial charge in [0, 0.05) is 32.4 Å². The fraction of sp³-hybridized carbons (Fsp3) is 0.627. The molecule has 51 heteroatoms. The van der Waals surface area contributed by atoms with Crippen molar-refractivity contribution in [2.45, 2.75) is 221 Å². The Balaban J connectivity index is 0.00000453. The number of hydrogen-bond acceptors (Lipinski definition) is 25. The van der Waals surface area contributed by atoms with Crippen LogP contribution < -0.4 is 108 Å². The van der Waals surface area contributed by atoms with Crippen LogP contribution in [0.15, 0.2) is 30.3 Å². The zero-order valence-corrected chi connectivity index (χ0v) is 64.9. The number of amides is 16. The summed E-state index contributed by atoms with van der Waals surface area (Å²) in [6.07, 6.45) is -17.9. The van der Waals surface area contributed by atoms with Crippen LogP contribution in [0.1, 0.15) is 111 Å². The van der Waals surface area contributed by atoms with Gasteiger partial charge in [0.1, 0.15) is 78.4 Å². The first-order chi connectivity index (χ1) is 54.7. The number of carboxylic acid groups (broad SMARTS) is 2. The Bertz CT molecular complexity index is 3670. The van der Waals surface area contributed by atoms with Crippen molar-refractivity contribution in [3.63, 3.8) is 0 Å². The Hall–Kier alpha value is -11.7. The first kappa shape index (κ1) is 104. The fourth-order valence-corrected chi connectivity index (χ4v) is 11.2. The van der Waals surface area contributed by atoms with Crippen LogP contribution >= 0.6 is 0 Å². The van der Waals surface area contributed by atoms with Gasteiger partial charge in [-0.3, -0.25) is 93.2 Å². The third-order valence-corrected chi connectivity index (χ3v) is 17.1. The van der Waals surface area contributed by atoms with Crippen LogP contribution in [-0.2, 0) is 92.7 Å². The molecule has 3 rings (SSSR count). The van der Waals surface area contributed by atoms with E-state index in [0.29, 0.717) is 18.4 Å². The number of guanidine groups is 1. The van der Waals surface area contributed by atoms with Gasteiger partial charge in [0.05, 0.1) is 57.1 Å². The van der Waals surface area contributed by atoms with Crippen LogP contribution in [0.5, 0.6) is 0 Å². The average Bonchev–Trinajstić information content (AvgIpc) is 1.61. The Morgan fingerprint density at radius 2 is 0.932 bits per heavy atom. The standard InChI is InChI=1S/C63H102N20O21.2C2HF3O2/c1-29(2)23-35(64)52(94)74-37(18-19-43(65)89)55(97)81-49(32(5)87)60(102)77-39(24-34-13-8-7-9-14-34)61(103)83-22-12-17-42(83)57(99)75-36(15-10-20-70-63(68)69)54(96)80-48(31(4)86)59(101)76-38(25-44(66)90)56(98)79-47(30(3)85)58(100)72-26-45(91)73-40(28-84)53(95)71-27-46(92)78-50(33(6)88)62(104)82-21-11-16-41(82)51(67)93;2*3-2(4,5)1(6)7/h7-9,13-14,29-33,35-42,47-50,84-88H,10-12,15-28,64H2,1-6H3,(H2,65,89)(H2,66,90)(H2,67,93)(H,71,95)(H,72,100)(H,73,91)(H,74,94)(H,75,99)(H,76,101)(H,77,102)(H,78,92)(H,79,98)(H,80,96)(H,81,97)(H4,68,69,70);2*(H,6,7)/t30-,31-,32-,33-,35+,36+,37+,38+,39+,40+,41+,42+,47+,48+,49+,50+;;/m1../s1. The third-order valence-electron chi connectivity index (χ3n) is 17.1. The van der Waals surface area contributed by atoms with Gasteiger partial charge in [-0.15, -0.1) is 0 Å². The highest BCUT2D eigenvalue weighted by atomic mass is 19.4. The summed E-state index contributed by atoms with van der Waals surface area (Å²) in [6, 6.07) is -10.5. The lowest BCUT2D eigenvalue weighted by Gasteiger charge is -2.31. The summed E-state index contributed by atoms with van der Waals surface area (Å²) in [4.78, 5) is 237. The van der Waals surface area contributed by atoms with E-state index in [1.165, 1.54) is 13.8 Å². The predicted molar refractivity (Wildman–Crippen MR) is 385 cm³/mol. The number of nitrogens with one attached hydrogen (secondary N) is 12. The summed E-state index contributed by atoms with van der Waals surface area (Å²) in [6.45, 7) is 5.30. The molecule has 0 saturated carbocycles. The molecule has 2 heterocycles. The molecular formula is C67H104F6N20O25. The maximum Gasteiger partial charge on any atom is 0.430 e. The maximum absolute atomic E-state index is 14.8. The minimum Gasteiger partial charge on any atom is -0.542 e. The predicted octanol–water partition coefficient (Wildman–Crippen LogP) is -15.7. The number of carbonyl (C=O) groups is 18. The van der Waals surface area contributed by atoms with E-state index in [4.69, 9.17) is 48.5 Å². The maximum atomic E-state index is 14.8. The van der Waals surface area contributed by atoms with Crippen molar-refractivity contribution in [2.24, 2.45) is 34.6 Å². The van der Waals surface area contributed by atoms with E-state index >= 15 is 0 Å². The number of carboxylic acids is 2. The number of carbonyl (C=O) groups excluding carboxylic acids is 18. The minimum atomic E-state index is -5.19. The van der Waals surface area contributed by atoms with Crippen molar-refractivity contribution in [3.8, 4) is 0 Å². The van der Waals surface area contributed by atoms with Gasteiger partial charge in [0.15, 0.2) is 6.04 Å². The lowest BCUT2D eigenvalue weighted by Crippen LogP contribution is -2.78. The third kappa shape index (κ3) is 37.5. The number of aliphatic hydroxyl groups excluding tert-OH is 5. The molecule has 2 saturated heterocycles. The van der Waals surface area contributed by atoms with Crippen LogP contribution in [-0.4, -0.2) is 296 Å². The number of benzene rings is 1. The van der Waals surface area contributed by atoms with Gasteiger partial charge in [-0.25, -0.2) is 0 Å². The lowest BCUT2D eigenvalue weighted by atomic mass is 10.0. The molecule has 0 unspecified atom stereocenters. The molecule has 0 bridgehead atoms. The number of hydrogen-bond donors (Lipinski definition) is 23. The summed E-state index contributed by atoms with van der Waals surface area (Å²) >= 11 is 0. The van der Waals surface area contributed by atoms with E-state index in [2.05, 4.69) is 69.2 Å². The minimum absolute atomic E-state index is 0.00320. The number of nitrogens with zero attached hydrogens (tertiary/aromatic N) is 2. The molecular weight excluding hydrogens is 1600 g/mol. The van der Waals surface area contributed by atoms with E-state index in [1.807, 2.05) is 13.8 Å². The molecule has 0 aromatic heterocycles. The van der Waals surface area contributed by atoms with E-state index < -0.39 is 242 Å². The monoisotopic (exact) mass is 1700 g/mol. The van der Waals surface area contributed by atoms with Crippen LogP contribution in [0.3, 0.4) is 0 Å². The van der Waals surface area contributed by atoms with Gasteiger partial charge in [0.25, 0.3) is 5.91 Å². The van der Waals surface area contributed by atoms with E-state index in [9.17, 15) is 129 Å². The van der Waals surface area contributed by atoms with Crippen molar-refractivity contribution in [3.05, 3.63) is 35.9 Å². The Kier molecular flexibility index (Phi) is 44.2. The number of primary amides is 3. The van der Waals surface area contributed by atoms with Crippen molar-refractivity contribution in [1.29, 1.82) is 0 Å². The van der Waals surface area contributed by atoms with Gasteiger partial charge in [-0.05, 0) is 84.1 Å². The van der Waals surface area contributed by atoms with Gasteiger partial charge in [0.2, 0.25) is 88.6 Å². The summed E-state index contributed by atoms with van der Waals surface area (Å²) in [5, 5.41) is 95.5. The zero-order valence-electron chi connectivity index (χ0n) is 64.9. The second kappa shape index (κ2) is 50.0. The Labute approximate surface area is 669 Å². The number of quaternary nitrogens is 1. The molecule has 30 N–H and O–H groups in total. The average molecular weight is 1700 g/mol. The molecule has 0 radical (unpaired) electrons. The molecule has 16 amide bonds. The fourth-order valence-electron chi connectivity index (χ4n) is 11.2. The number of rotatable bonds is 43. The van der Waals surface area contributed by atoms with Gasteiger partial charge in [-0.2, -0.15) is 26.3 Å². The van der Waals surface area contributed by atoms with Gasteiger partial charge in [-0.1, -0.05) is 44.2 Å². The summed E-state index contributed by atoms with van der Waals surface area (Å²) in [5.41, 5.74) is 31.7. The number of halogens is 6. The Morgan fingerprint density at radius 3 is 1.36 bits per heavy atom. The number of alkyl halides is 6. The number of nitrogens with two attached hydrogens (primary N) is 5. The van der Waals surface area contributed by atoms with Gasteiger partial charge < -0.3 is 137 Å². The molecule has 118 heavy (non-hydrogen) atoms. The van der Waals surface area contributed by atoms with Crippen molar-refractivity contribution < 1.29 is 159 Å². The largest absolute Gasteiger partial charge is 0.542 e. The molecule has 0 spiro atoms. The molecule has 1 aromatic carbocycles. The number of aliphatic carboxylic acids is 2. The quantitative estimate of drug-likeness (QED) is 0.0125. The Morgan fingerprint density at radius 1 is 0.508 bits per heavy atom. The van der Waals surface area contributed by atoms with Crippen LogP contribution in [0.4, 0.5) is 26.3 Å². The highest BCUT2D eigenvalue weighted by Crippen LogP contribution is 2.23. The second-order valence-corrected chi connectivity index (χ2v) is 27.5. The molecule has 16 atom stereocenters. The zero-order chi connectivity index (χ0) is 90.6.